The number of likely N-dealkylation sites (N-methyl/N-ethyl adjacent to an activating group) is 1. The molecule has 0 radical (unpaired) electrons. The Kier molecular flexibility index (Phi) is 10.7. The molecule has 0 saturated carbocycles. The van der Waals surface area contributed by atoms with E-state index in [1.807, 2.05) is 18.2 Å². The lowest BCUT2D eigenvalue weighted by molar-refractivity contribution is -0.137. The fourth-order valence-electron chi connectivity index (χ4n) is 3.84. The van der Waals surface area contributed by atoms with Crippen molar-refractivity contribution in [2.24, 2.45) is 0 Å². The Morgan fingerprint density at radius 3 is 2.51 bits per heavy atom. The number of carboxylic acid groups (broad SMARTS) is 1. The van der Waals surface area contributed by atoms with Crippen LogP contribution in [0.3, 0.4) is 0 Å². The predicted molar refractivity (Wildman–Crippen MR) is 141 cm³/mol. The van der Waals surface area contributed by atoms with E-state index >= 15 is 0 Å². The van der Waals surface area contributed by atoms with E-state index in [0.717, 1.165) is 42.8 Å². The van der Waals surface area contributed by atoms with Gasteiger partial charge in [-0.15, -0.1) is 0 Å². The smallest absolute Gasteiger partial charge is 0.414 e. The highest BCUT2D eigenvalue weighted by molar-refractivity contribution is 7.17. The van der Waals surface area contributed by atoms with Gasteiger partial charge in [-0.1, -0.05) is 29.0 Å². The summed E-state index contributed by atoms with van der Waals surface area (Å²) in [4.78, 5) is 50.7. The molecule has 200 valence electrons. The van der Waals surface area contributed by atoms with Crippen LogP contribution in [-0.2, 0) is 27.2 Å². The van der Waals surface area contributed by atoms with Crippen molar-refractivity contribution in [3.63, 3.8) is 0 Å². The molecule has 2 heterocycles. The first-order valence-corrected chi connectivity index (χ1v) is 13.2. The molecule has 12 heteroatoms. The van der Waals surface area contributed by atoms with Gasteiger partial charge in [-0.25, -0.2) is 4.79 Å². The molecule has 0 aliphatic carbocycles. The molecular formula is C25H31ClN4O6S. The zero-order valence-corrected chi connectivity index (χ0v) is 22.1. The minimum atomic E-state index is -1.11. The Hall–Kier alpha value is -3.15. The number of unbranched alkanes of at least 4 members (excludes halogenated alkanes) is 1. The van der Waals surface area contributed by atoms with Crippen LogP contribution in [-0.4, -0.2) is 66.6 Å². The van der Waals surface area contributed by atoms with Crippen LogP contribution < -0.4 is 20.7 Å². The van der Waals surface area contributed by atoms with E-state index in [0.29, 0.717) is 22.9 Å². The molecule has 0 unspecified atom stereocenters. The van der Waals surface area contributed by atoms with Crippen molar-refractivity contribution in [1.29, 1.82) is 0 Å². The Balaban J connectivity index is 1.62. The van der Waals surface area contributed by atoms with Crippen molar-refractivity contribution >= 4 is 52.5 Å². The molecule has 0 spiro atoms. The third-order valence-corrected chi connectivity index (χ3v) is 7.01. The second kappa shape index (κ2) is 14.0. The van der Waals surface area contributed by atoms with Gasteiger partial charge in [0.2, 0.25) is 11.8 Å². The molecule has 0 fully saturated rings. The van der Waals surface area contributed by atoms with Crippen LogP contribution in [0.2, 0.25) is 4.34 Å². The maximum absolute atomic E-state index is 13.1. The quantitative estimate of drug-likeness (QED) is 0.315. The van der Waals surface area contributed by atoms with Gasteiger partial charge >= 0.3 is 12.1 Å². The van der Waals surface area contributed by atoms with Gasteiger partial charge in [-0.05, 0) is 68.1 Å². The number of aliphatic carboxylic acids is 1. The van der Waals surface area contributed by atoms with Gasteiger partial charge < -0.3 is 30.7 Å². The summed E-state index contributed by atoms with van der Waals surface area (Å²) < 4.78 is 5.65. The number of carbonyl (C=O) groups excluding carboxylic acids is 3. The fourth-order valence-corrected chi connectivity index (χ4v) is 4.71. The van der Waals surface area contributed by atoms with Gasteiger partial charge in [-0.3, -0.25) is 14.4 Å². The van der Waals surface area contributed by atoms with E-state index in [1.54, 1.807) is 6.07 Å². The van der Waals surface area contributed by atoms with Gasteiger partial charge in [0.15, 0.2) is 5.06 Å². The number of fused-ring (bicyclic) bond motifs is 1. The summed E-state index contributed by atoms with van der Waals surface area (Å²) in [5.41, 5.74) is 3.00. The van der Waals surface area contributed by atoms with E-state index in [9.17, 15) is 19.2 Å². The van der Waals surface area contributed by atoms with Crippen molar-refractivity contribution < 1.29 is 29.0 Å². The van der Waals surface area contributed by atoms with Crippen LogP contribution in [0.25, 0.3) is 0 Å². The molecule has 4 N–H and O–H groups in total. The number of nitrogens with one attached hydrogen (secondary N) is 3. The van der Waals surface area contributed by atoms with Gasteiger partial charge in [0.25, 0.3) is 0 Å². The van der Waals surface area contributed by atoms with E-state index in [4.69, 9.17) is 21.4 Å². The number of carbonyl (C=O) groups is 4. The van der Waals surface area contributed by atoms with E-state index in [1.165, 1.54) is 11.6 Å². The molecule has 1 aliphatic rings. The molecule has 1 aromatic carbocycles. The van der Waals surface area contributed by atoms with Crippen LogP contribution in [0.1, 0.15) is 36.8 Å². The highest BCUT2D eigenvalue weighted by atomic mass is 35.5. The predicted octanol–water partition coefficient (Wildman–Crippen LogP) is 3.29. The summed E-state index contributed by atoms with van der Waals surface area (Å²) in [6.45, 7) is 1.73. The summed E-state index contributed by atoms with van der Waals surface area (Å²) in [6, 6.07) is 7.77. The average molecular weight is 551 g/mol. The normalized spacial score (nSPS) is 14.1. The second-order valence-electron chi connectivity index (χ2n) is 8.83. The van der Waals surface area contributed by atoms with Gasteiger partial charge in [0, 0.05) is 38.2 Å². The van der Waals surface area contributed by atoms with Crippen LogP contribution in [0.5, 0.6) is 5.06 Å². The second-order valence-corrected chi connectivity index (χ2v) is 10.5. The molecule has 3 amide bonds. The molecule has 10 nitrogen and oxygen atoms in total. The maximum Gasteiger partial charge on any atom is 0.414 e. The highest BCUT2D eigenvalue weighted by Gasteiger charge is 2.24. The number of thiophene rings is 1. The molecule has 1 aliphatic heterocycles. The Labute approximate surface area is 224 Å². The monoisotopic (exact) mass is 550 g/mol. The van der Waals surface area contributed by atoms with Gasteiger partial charge in [-0.2, -0.15) is 0 Å². The number of halogens is 1. The topological polar surface area (TPSA) is 137 Å². The van der Waals surface area contributed by atoms with E-state index in [2.05, 4.69) is 27.9 Å². The van der Waals surface area contributed by atoms with Crippen LogP contribution in [0, 0.1) is 0 Å². The minimum absolute atomic E-state index is 0.0183. The third-order valence-electron chi connectivity index (χ3n) is 5.90. The molecule has 1 aromatic heterocycles. The number of rotatable bonds is 11. The maximum atomic E-state index is 13.1. The van der Waals surface area contributed by atoms with E-state index in [-0.39, 0.29) is 30.4 Å². The van der Waals surface area contributed by atoms with E-state index < -0.39 is 24.0 Å². The highest BCUT2D eigenvalue weighted by Crippen LogP contribution is 2.28. The number of nitrogens with zero attached hydrogens (tertiary/aromatic N) is 1. The number of hydrogen-bond acceptors (Lipinski definition) is 7. The number of benzene rings is 1. The fraction of sp³-hybridized carbons (Fsp3) is 0.440. The zero-order chi connectivity index (χ0) is 26.8. The Morgan fingerprint density at radius 1 is 1.08 bits per heavy atom. The average Bonchev–Trinajstić information content (AvgIpc) is 3.16. The molecule has 37 heavy (non-hydrogen) atoms. The number of carboxylic acids is 1. The van der Waals surface area contributed by atoms with Gasteiger partial charge in [0.1, 0.15) is 6.04 Å². The Morgan fingerprint density at radius 2 is 1.81 bits per heavy atom. The van der Waals surface area contributed by atoms with Crippen molar-refractivity contribution in [3.05, 3.63) is 45.8 Å². The zero-order valence-electron chi connectivity index (χ0n) is 20.5. The minimum Gasteiger partial charge on any atom is -0.481 e. The molecule has 0 saturated heterocycles. The lowest BCUT2D eigenvalue weighted by Crippen LogP contribution is -2.51. The summed E-state index contributed by atoms with van der Waals surface area (Å²) >= 11 is 6.94. The number of amides is 3. The first-order chi connectivity index (χ1) is 17.7. The van der Waals surface area contributed by atoms with Gasteiger partial charge in [0.05, 0.1) is 4.34 Å². The molecule has 1 atom stereocenters. The standard InChI is InChI=1S/C25H31ClN4O6S/c1-30-12-10-16-6-7-18(14-17(16)11-13-30)28-24(34)19(15-27-21(31)4-2-3-5-22(32)33)29-25(35)36-23-9-8-20(26)37-23/h6-9,14,19H,2-5,10-13,15H2,1H3,(H,27,31)(H,28,34)(H,29,35)(H,32,33)/t19-/m1/s1. The lowest BCUT2D eigenvalue weighted by atomic mass is 10.0. The summed E-state index contributed by atoms with van der Waals surface area (Å²) in [5, 5.41) is 16.9. The van der Waals surface area contributed by atoms with Crippen molar-refractivity contribution in [2.45, 2.75) is 44.6 Å². The first-order valence-electron chi connectivity index (χ1n) is 12.0. The SMILES string of the molecule is CN1CCc2ccc(NC(=O)[C@@H](CNC(=O)CCCCC(=O)O)NC(=O)Oc3ccc(Cl)s3)cc2CC1. The van der Waals surface area contributed by atoms with Crippen LogP contribution >= 0.6 is 22.9 Å². The largest absolute Gasteiger partial charge is 0.481 e. The lowest BCUT2D eigenvalue weighted by Gasteiger charge is -2.19. The molecule has 0 bridgehead atoms. The summed E-state index contributed by atoms with van der Waals surface area (Å²) in [5.74, 6) is -1.78. The number of anilines is 1. The summed E-state index contributed by atoms with van der Waals surface area (Å²) in [6.07, 6.45) is 1.79. The first kappa shape index (κ1) is 28.4. The van der Waals surface area contributed by atoms with Crippen molar-refractivity contribution in [2.75, 3.05) is 32.0 Å². The van der Waals surface area contributed by atoms with Crippen molar-refractivity contribution in [1.82, 2.24) is 15.5 Å². The van der Waals surface area contributed by atoms with Crippen molar-refractivity contribution in [3.8, 4) is 5.06 Å². The molecule has 2 aromatic rings. The van der Waals surface area contributed by atoms with Crippen LogP contribution in [0.15, 0.2) is 30.3 Å². The summed E-state index contributed by atoms with van der Waals surface area (Å²) in [7, 11) is 2.08. The molecular weight excluding hydrogens is 520 g/mol. The van der Waals surface area contributed by atoms with Crippen LogP contribution in [0.4, 0.5) is 10.5 Å². The molecule has 3 rings (SSSR count). The third kappa shape index (κ3) is 9.67. The number of hydrogen-bond donors (Lipinski definition) is 4. The number of ether oxygens (including phenoxy) is 1. The Bertz CT molecular complexity index is 1120.